The number of methoxy groups -OCH3 is 1. The third kappa shape index (κ3) is 4.47. The maximum atomic E-state index is 13.7. The number of hydrogen-bond donors (Lipinski definition) is 1. The molecule has 9 heteroatoms. The van der Waals surface area contributed by atoms with Crippen LogP contribution in [0.3, 0.4) is 0 Å². The van der Waals surface area contributed by atoms with E-state index < -0.39 is 35.8 Å². The van der Waals surface area contributed by atoms with Crippen molar-refractivity contribution in [1.82, 2.24) is 10.2 Å². The van der Waals surface area contributed by atoms with Crippen molar-refractivity contribution in [1.29, 1.82) is 0 Å². The molecule has 5 rings (SSSR count). The second kappa shape index (κ2) is 10.8. The van der Waals surface area contributed by atoms with E-state index >= 15 is 0 Å². The molecule has 0 bridgehead atoms. The number of rotatable bonds is 8. The lowest BCUT2D eigenvalue weighted by Crippen LogP contribution is -2.82. The van der Waals surface area contributed by atoms with Crippen LogP contribution in [-0.2, 0) is 23.8 Å². The van der Waals surface area contributed by atoms with Crippen LogP contribution in [0.5, 0.6) is 0 Å². The molecule has 2 aliphatic rings. The Hall–Kier alpha value is -3.98. The SMILES string of the molecule is COC1(NC(=O)c2ccccc2)C(=O)N2C(C(=O)OC(c3ccccc3)c3ccccc3)=C(CCl)COC21. The maximum Gasteiger partial charge on any atom is 0.356 e. The number of carbonyl (C=O) groups is 3. The van der Waals surface area contributed by atoms with Crippen molar-refractivity contribution in [2.24, 2.45) is 0 Å². The monoisotopic (exact) mass is 532 g/mol. The first-order chi connectivity index (χ1) is 18.5. The highest BCUT2D eigenvalue weighted by Crippen LogP contribution is 2.42. The molecule has 2 heterocycles. The molecule has 1 N–H and O–H groups in total. The standard InChI is InChI=1S/C29H25ClN2O6/c1-36-29(31-25(33)21-15-9-4-10-16-21)27(35)32-23(22(17-30)18-37-28(29)32)26(34)38-24(19-11-5-2-6-12-19)20-13-7-3-8-14-20/h2-16,24,28H,17-18H2,1H3,(H,31,33). The van der Waals surface area contributed by atoms with Gasteiger partial charge in [-0.1, -0.05) is 78.9 Å². The summed E-state index contributed by atoms with van der Waals surface area (Å²) in [5, 5.41) is 2.64. The molecule has 0 aromatic heterocycles. The van der Waals surface area contributed by atoms with E-state index in [1.807, 2.05) is 60.7 Å². The number of benzene rings is 3. The zero-order chi connectivity index (χ0) is 26.7. The number of ether oxygens (including phenoxy) is 3. The Bertz CT molecular complexity index is 1330. The van der Waals surface area contributed by atoms with Gasteiger partial charge in [0.25, 0.3) is 17.5 Å². The number of hydrogen-bond acceptors (Lipinski definition) is 6. The van der Waals surface area contributed by atoms with Crippen LogP contribution in [0.4, 0.5) is 0 Å². The van der Waals surface area contributed by atoms with Crippen molar-refractivity contribution in [2.75, 3.05) is 19.6 Å². The minimum Gasteiger partial charge on any atom is -0.448 e. The lowest BCUT2D eigenvalue weighted by Gasteiger charge is -2.55. The Labute approximate surface area is 224 Å². The largest absolute Gasteiger partial charge is 0.448 e. The van der Waals surface area contributed by atoms with Crippen LogP contribution in [0.2, 0.25) is 0 Å². The van der Waals surface area contributed by atoms with Crippen LogP contribution < -0.4 is 5.32 Å². The minimum absolute atomic E-state index is 0.0141. The highest BCUT2D eigenvalue weighted by molar-refractivity contribution is 6.20. The van der Waals surface area contributed by atoms with Crippen molar-refractivity contribution < 1.29 is 28.6 Å². The van der Waals surface area contributed by atoms with E-state index in [4.69, 9.17) is 25.8 Å². The fourth-order valence-electron chi connectivity index (χ4n) is 4.61. The van der Waals surface area contributed by atoms with Crippen LogP contribution in [0.25, 0.3) is 0 Å². The zero-order valence-corrected chi connectivity index (χ0v) is 21.3. The molecule has 0 spiro atoms. The second-order valence-corrected chi connectivity index (χ2v) is 9.06. The Kier molecular flexibility index (Phi) is 7.28. The summed E-state index contributed by atoms with van der Waals surface area (Å²) in [4.78, 5) is 41.3. The van der Waals surface area contributed by atoms with Gasteiger partial charge in [-0.15, -0.1) is 11.6 Å². The van der Waals surface area contributed by atoms with Gasteiger partial charge in [0.05, 0.1) is 6.61 Å². The Morgan fingerprint density at radius 1 is 1.00 bits per heavy atom. The molecule has 2 unspecified atom stereocenters. The predicted molar refractivity (Wildman–Crippen MR) is 139 cm³/mol. The van der Waals surface area contributed by atoms with Gasteiger partial charge >= 0.3 is 5.97 Å². The van der Waals surface area contributed by atoms with Gasteiger partial charge < -0.3 is 19.5 Å². The van der Waals surface area contributed by atoms with Gasteiger partial charge in [-0.3, -0.25) is 14.5 Å². The van der Waals surface area contributed by atoms with Crippen LogP contribution in [0.15, 0.2) is 102 Å². The number of alkyl halides is 1. The third-order valence-corrected chi connectivity index (χ3v) is 6.87. The average molecular weight is 533 g/mol. The maximum absolute atomic E-state index is 13.7. The summed E-state index contributed by atoms with van der Waals surface area (Å²) in [7, 11) is 1.30. The van der Waals surface area contributed by atoms with Gasteiger partial charge in [-0.25, -0.2) is 4.79 Å². The van der Waals surface area contributed by atoms with E-state index in [2.05, 4.69) is 5.32 Å². The highest BCUT2D eigenvalue weighted by Gasteiger charge is 2.67. The van der Waals surface area contributed by atoms with Gasteiger partial charge in [0.2, 0.25) is 0 Å². The summed E-state index contributed by atoms with van der Waals surface area (Å²) >= 11 is 6.16. The van der Waals surface area contributed by atoms with Crippen LogP contribution in [-0.4, -0.2) is 54.2 Å². The molecule has 0 aliphatic carbocycles. The fourth-order valence-corrected chi connectivity index (χ4v) is 4.82. The van der Waals surface area contributed by atoms with Gasteiger partial charge in [-0.05, 0) is 23.3 Å². The molecule has 2 amide bonds. The molecule has 8 nitrogen and oxygen atoms in total. The van der Waals surface area contributed by atoms with E-state index in [0.717, 1.165) is 16.0 Å². The van der Waals surface area contributed by atoms with E-state index in [9.17, 15) is 14.4 Å². The van der Waals surface area contributed by atoms with E-state index in [-0.39, 0.29) is 18.2 Å². The van der Waals surface area contributed by atoms with E-state index in [0.29, 0.717) is 11.1 Å². The summed E-state index contributed by atoms with van der Waals surface area (Å²) in [5.74, 6) is -1.98. The van der Waals surface area contributed by atoms with Crippen molar-refractivity contribution in [3.8, 4) is 0 Å². The molecule has 3 aromatic carbocycles. The number of esters is 1. The van der Waals surface area contributed by atoms with Crippen molar-refractivity contribution in [3.63, 3.8) is 0 Å². The first-order valence-electron chi connectivity index (χ1n) is 12.0. The number of halogens is 1. The van der Waals surface area contributed by atoms with Crippen LogP contribution >= 0.6 is 11.6 Å². The predicted octanol–water partition coefficient (Wildman–Crippen LogP) is 3.78. The van der Waals surface area contributed by atoms with Crippen molar-refractivity contribution in [3.05, 3.63) is 119 Å². The molecule has 2 aliphatic heterocycles. The first kappa shape index (κ1) is 25.7. The topological polar surface area (TPSA) is 94.2 Å². The number of β-lactam (4-membered cyclic amide) rings is 1. The normalized spacial score (nSPS) is 20.6. The number of nitrogens with one attached hydrogen (secondary N) is 1. The molecular formula is C29H25ClN2O6. The van der Waals surface area contributed by atoms with Crippen molar-refractivity contribution in [2.45, 2.75) is 18.1 Å². The smallest absolute Gasteiger partial charge is 0.356 e. The van der Waals surface area contributed by atoms with Crippen molar-refractivity contribution >= 4 is 29.4 Å². The lowest BCUT2D eigenvalue weighted by molar-refractivity contribution is -0.256. The van der Waals surface area contributed by atoms with Gasteiger partial charge in [-0.2, -0.15) is 0 Å². The summed E-state index contributed by atoms with van der Waals surface area (Å²) < 4.78 is 17.4. The number of nitrogens with zero attached hydrogens (tertiary/aromatic N) is 1. The Morgan fingerprint density at radius 2 is 1.55 bits per heavy atom. The molecule has 38 heavy (non-hydrogen) atoms. The zero-order valence-electron chi connectivity index (χ0n) is 20.5. The van der Waals surface area contributed by atoms with Crippen LogP contribution in [0.1, 0.15) is 27.6 Å². The van der Waals surface area contributed by atoms with Gasteiger partial charge in [0.15, 0.2) is 12.3 Å². The fraction of sp³-hybridized carbons (Fsp3) is 0.207. The molecule has 0 saturated carbocycles. The second-order valence-electron chi connectivity index (χ2n) is 8.79. The summed E-state index contributed by atoms with van der Waals surface area (Å²) in [6.07, 6.45) is -1.81. The molecule has 3 aromatic rings. The Balaban J connectivity index is 1.44. The average Bonchev–Trinajstić information content (AvgIpc) is 2.98. The van der Waals surface area contributed by atoms with E-state index in [1.54, 1.807) is 30.3 Å². The summed E-state index contributed by atoms with van der Waals surface area (Å²) in [6.45, 7) is -0.0456. The number of carbonyl (C=O) groups excluding carboxylic acids is 3. The number of fused-ring (bicyclic) bond motifs is 1. The lowest BCUT2D eigenvalue weighted by atomic mass is 9.94. The third-order valence-electron chi connectivity index (χ3n) is 6.55. The van der Waals surface area contributed by atoms with Gasteiger partial charge in [0, 0.05) is 24.1 Å². The minimum atomic E-state index is -1.81. The molecule has 0 radical (unpaired) electrons. The molecule has 1 fully saturated rings. The summed E-state index contributed by atoms with van der Waals surface area (Å²) in [5.41, 5.74) is 0.435. The van der Waals surface area contributed by atoms with Crippen LogP contribution in [0, 0.1) is 0 Å². The molecule has 194 valence electrons. The molecular weight excluding hydrogens is 508 g/mol. The number of amides is 2. The van der Waals surface area contributed by atoms with Gasteiger partial charge in [0.1, 0.15) is 5.70 Å². The molecule has 2 atom stereocenters. The first-order valence-corrected chi connectivity index (χ1v) is 12.5. The van der Waals surface area contributed by atoms with E-state index in [1.165, 1.54) is 7.11 Å². The quantitative estimate of drug-likeness (QED) is 0.205. The molecule has 1 saturated heterocycles. The summed E-state index contributed by atoms with van der Waals surface area (Å²) in [6, 6.07) is 27.0. The Morgan fingerprint density at radius 3 is 2.08 bits per heavy atom. The highest BCUT2D eigenvalue weighted by atomic mass is 35.5.